The minimum atomic E-state index is -0.395. The van der Waals surface area contributed by atoms with Crippen molar-refractivity contribution in [1.82, 2.24) is 0 Å². The number of amides is 1. The van der Waals surface area contributed by atoms with Crippen LogP contribution >= 0.6 is 15.9 Å². The first-order valence-electron chi connectivity index (χ1n) is 12.3. The second-order valence-corrected chi connectivity index (χ2v) is 11.4. The van der Waals surface area contributed by atoms with Gasteiger partial charge in [0.15, 0.2) is 0 Å². The van der Waals surface area contributed by atoms with Crippen LogP contribution in [0.3, 0.4) is 0 Å². The fraction of sp³-hybridized carbons (Fsp3) is 0.536. The Labute approximate surface area is 205 Å². The largest absolute Gasteiger partial charge is 0.493 e. The Bertz CT molecular complexity index is 1040. The van der Waals surface area contributed by atoms with Gasteiger partial charge in [-0.1, -0.05) is 41.1 Å². The first-order chi connectivity index (χ1) is 15.9. The van der Waals surface area contributed by atoms with Crippen LogP contribution in [-0.4, -0.2) is 29.1 Å². The summed E-state index contributed by atoms with van der Waals surface area (Å²) < 4.78 is 5.84. The summed E-state index contributed by atoms with van der Waals surface area (Å²) in [5, 5.41) is 12.3. The molecule has 6 atom stereocenters. The van der Waals surface area contributed by atoms with Gasteiger partial charge in [0.25, 0.3) is 0 Å². The molecule has 0 radical (unpaired) electrons. The Kier molecular flexibility index (Phi) is 6.30. The minimum Gasteiger partial charge on any atom is -0.493 e. The molecular weight excluding hydrogens is 478 g/mol. The predicted octanol–water partition coefficient (Wildman–Crippen LogP) is 5.25. The molecule has 5 rings (SSSR count). The molecule has 3 aliphatic rings. The number of ether oxygens (including phenoxy) is 1. The highest BCUT2D eigenvalue weighted by molar-refractivity contribution is 9.09. The lowest BCUT2D eigenvalue weighted by Crippen LogP contribution is -2.44. The molecule has 0 aromatic heterocycles. The summed E-state index contributed by atoms with van der Waals surface area (Å²) in [7, 11) is 0. The van der Waals surface area contributed by atoms with Gasteiger partial charge < -0.3 is 15.6 Å². The zero-order chi connectivity index (χ0) is 23.2. The van der Waals surface area contributed by atoms with Crippen molar-refractivity contribution in [1.29, 1.82) is 0 Å². The van der Waals surface area contributed by atoms with Gasteiger partial charge in [-0.05, 0) is 109 Å². The third kappa shape index (κ3) is 4.12. The van der Waals surface area contributed by atoms with Crippen LogP contribution in [0.15, 0.2) is 42.5 Å². The second kappa shape index (κ2) is 9.07. The summed E-state index contributed by atoms with van der Waals surface area (Å²) in [6.45, 7) is 3.01. The quantitative estimate of drug-likeness (QED) is 0.520. The molecule has 2 aromatic rings. The van der Waals surface area contributed by atoms with E-state index in [0.29, 0.717) is 29.9 Å². The van der Waals surface area contributed by atoms with Crippen molar-refractivity contribution in [2.24, 2.45) is 28.9 Å². The molecule has 4 nitrogen and oxygen atoms in total. The molecule has 176 valence electrons. The summed E-state index contributed by atoms with van der Waals surface area (Å²) in [4.78, 5) is 11.6. The van der Waals surface area contributed by atoms with E-state index < -0.39 is 5.91 Å². The van der Waals surface area contributed by atoms with Gasteiger partial charge in [-0.3, -0.25) is 4.79 Å². The number of benzene rings is 2. The van der Waals surface area contributed by atoms with Gasteiger partial charge in [-0.25, -0.2) is 0 Å². The average molecular weight is 512 g/mol. The first kappa shape index (κ1) is 22.9. The second-order valence-electron chi connectivity index (χ2n) is 10.6. The topological polar surface area (TPSA) is 72.5 Å². The molecule has 1 amide bonds. The summed E-state index contributed by atoms with van der Waals surface area (Å²) in [6, 6.07) is 14.3. The molecule has 3 aliphatic carbocycles. The molecule has 5 heteroatoms. The number of halogens is 1. The van der Waals surface area contributed by atoms with Crippen LogP contribution < -0.4 is 10.5 Å². The summed E-state index contributed by atoms with van der Waals surface area (Å²) in [5.74, 6) is 2.55. The maximum atomic E-state index is 11.6. The van der Waals surface area contributed by atoms with Crippen molar-refractivity contribution in [3.8, 4) is 5.75 Å². The third-order valence-electron chi connectivity index (χ3n) is 8.87. The van der Waals surface area contributed by atoms with E-state index in [1.807, 2.05) is 12.1 Å². The molecule has 2 fully saturated rings. The number of hydrogen-bond acceptors (Lipinski definition) is 3. The number of aliphatic hydroxyl groups is 1. The van der Waals surface area contributed by atoms with Crippen molar-refractivity contribution in [2.45, 2.75) is 57.5 Å². The summed E-state index contributed by atoms with van der Waals surface area (Å²) in [5.41, 5.74) is 10.1. The molecule has 2 saturated carbocycles. The Morgan fingerprint density at radius 1 is 1.24 bits per heavy atom. The molecule has 3 N–H and O–H groups in total. The number of carbonyl (C=O) groups is 1. The average Bonchev–Trinajstić information content (AvgIpc) is 3.07. The fourth-order valence-corrected chi connectivity index (χ4v) is 7.47. The van der Waals surface area contributed by atoms with Gasteiger partial charge in [0.05, 0.1) is 12.7 Å². The van der Waals surface area contributed by atoms with Crippen molar-refractivity contribution < 1.29 is 14.6 Å². The van der Waals surface area contributed by atoms with E-state index in [2.05, 4.69) is 47.1 Å². The Balaban J connectivity index is 1.36. The van der Waals surface area contributed by atoms with Crippen LogP contribution in [0.5, 0.6) is 5.75 Å². The van der Waals surface area contributed by atoms with E-state index in [1.54, 1.807) is 6.07 Å². The molecule has 0 saturated heterocycles. The van der Waals surface area contributed by atoms with Crippen LogP contribution in [0.2, 0.25) is 0 Å². The monoisotopic (exact) mass is 511 g/mol. The molecule has 2 aromatic carbocycles. The van der Waals surface area contributed by atoms with Crippen LogP contribution in [0.1, 0.15) is 65.6 Å². The molecule has 0 spiro atoms. The SMILES string of the molecule is CC12CCC3c4ccc(OCCBr)cc4CCC3C1CC(Cc1cccc(C(N)=O)c1)C2O. The van der Waals surface area contributed by atoms with Gasteiger partial charge in [0, 0.05) is 10.9 Å². The van der Waals surface area contributed by atoms with Crippen molar-refractivity contribution in [3.05, 3.63) is 64.7 Å². The van der Waals surface area contributed by atoms with Crippen molar-refractivity contribution in [3.63, 3.8) is 0 Å². The lowest BCUT2D eigenvalue weighted by Gasteiger charge is -2.50. The number of aliphatic hydroxyl groups excluding tert-OH is 1. The number of fused-ring (bicyclic) bond motifs is 5. The number of aryl methyl sites for hydroxylation is 1. The molecule has 33 heavy (non-hydrogen) atoms. The van der Waals surface area contributed by atoms with Crippen LogP contribution in [0, 0.1) is 23.2 Å². The zero-order valence-corrected chi connectivity index (χ0v) is 20.9. The standard InChI is InChI=1S/C28H34BrNO3/c1-28-10-9-23-22-8-6-21(33-12-11-29)15-18(22)5-7-24(23)25(28)16-20(26(28)31)14-17-3-2-4-19(13-17)27(30)32/h2-4,6,8,13,15,20,23-26,31H,5,7,9-12,14,16H2,1H3,(H2,30,32). The van der Waals surface area contributed by atoms with Crippen LogP contribution in [-0.2, 0) is 12.8 Å². The van der Waals surface area contributed by atoms with Gasteiger partial charge in [-0.15, -0.1) is 0 Å². The van der Waals surface area contributed by atoms with E-state index in [1.165, 1.54) is 17.5 Å². The first-order valence-corrected chi connectivity index (χ1v) is 13.4. The minimum absolute atomic E-state index is 0.0242. The van der Waals surface area contributed by atoms with Crippen LogP contribution in [0.25, 0.3) is 0 Å². The van der Waals surface area contributed by atoms with Gasteiger partial charge in [-0.2, -0.15) is 0 Å². The smallest absolute Gasteiger partial charge is 0.248 e. The number of primary amides is 1. The summed E-state index contributed by atoms with van der Waals surface area (Å²) >= 11 is 3.43. The van der Waals surface area contributed by atoms with Gasteiger partial charge >= 0.3 is 0 Å². The third-order valence-corrected chi connectivity index (χ3v) is 9.19. The molecular formula is C28H34BrNO3. The Morgan fingerprint density at radius 2 is 2.09 bits per heavy atom. The molecule has 6 unspecified atom stereocenters. The highest BCUT2D eigenvalue weighted by atomic mass is 79.9. The highest BCUT2D eigenvalue weighted by Crippen LogP contribution is 2.62. The molecule has 0 aliphatic heterocycles. The summed E-state index contributed by atoms with van der Waals surface area (Å²) in [6.07, 6.45) is 6.05. The lowest BCUT2D eigenvalue weighted by molar-refractivity contribution is -0.0325. The van der Waals surface area contributed by atoms with Crippen molar-refractivity contribution in [2.75, 3.05) is 11.9 Å². The molecule has 0 heterocycles. The van der Waals surface area contributed by atoms with E-state index >= 15 is 0 Å². The number of carbonyl (C=O) groups excluding carboxylic acids is 1. The highest BCUT2D eigenvalue weighted by Gasteiger charge is 2.57. The maximum Gasteiger partial charge on any atom is 0.248 e. The Morgan fingerprint density at radius 3 is 2.88 bits per heavy atom. The van der Waals surface area contributed by atoms with E-state index in [4.69, 9.17) is 10.5 Å². The normalized spacial score (nSPS) is 32.5. The number of hydrogen-bond donors (Lipinski definition) is 2. The van der Waals surface area contributed by atoms with E-state index in [-0.39, 0.29) is 17.4 Å². The fourth-order valence-electron chi connectivity index (χ4n) is 7.31. The number of rotatable bonds is 6. The number of alkyl halides is 1. The molecule has 0 bridgehead atoms. The van der Waals surface area contributed by atoms with Crippen LogP contribution in [0.4, 0.5) is 0 Å². The Hall–Kier alpha value is -1.85. The zero-order valence-electron chi connectivity index (χ0n) is 19.3. The van der Waals surface area contributed by atoms with Gasteiger partial charge in [0.2, 0.25) is 5.91 Å². The lowest BCUT2D eigenvalue weighted by atomic mass is 9.55. The number of nitrogens with two attached hydrogens (primary N) is 1. The predicted molar refractivity (Wildman–Crippen MR) is 134 cm³/mol. The van der Waals surface area contributed by atoms with E-state index in [0.717, 1.165) is 48.7 Å². The van der Waals surface area contributed by atoms with Crippen molar-refractivity contribution >= 4 is 21.8 Å². The van der Waals surface area contributed by atoms with E-state index in [9.17, 15) is 9.90 Å². The maximum absolute atomic E-state index is 11.6. The van der Waals surface area contributed by atoms with Gasteiger partial charge in [0.1, 0.15) is 5.75 Å².